The van der Waals surface area contributed by atoms with Gasteiger partial charge in [0.2, 0.25) is 0 Å². The Bertz CT molecular complexity index is 440. The second kappa shape index (κ2) is 4.13. The molecule has 0 unspecified atom stereocenters. The number of halogens is 1. The van der Waals surface area contributed by atoms with Crippen molar-refractivity contribution in [3.05, 3.63) is 47.6 Å². The van der Waals surface area contributed by atoms with Crippen LogP contribution in [0.5, 0.6) is 0 Å². The van der Waals surface area contributed by atoms with Crippen LogP contribution in [0.4, 0.5) is 10.1 Å². The molecule has 15 heavy (non-hydrogen) atoms. The highest BCUT2D eigenvalue weighted by Crippen LogP contribution is 2.16. The first kappa shape index (κ1) is 9.71. The average molecular weight is 206 g/mol. The molecule has 0 atom stereocenters. The predicted molar refractivity (Wildman–Crippen MR) is 55.0 cm³/mol. The van der Waals surface area contributed by atoms with Gasteiger partial charge in [0.25, 0.3) is 0 Å². The highest BCUT2D eigenvalue weighted by Gasteiger charge is 2.02. The lowest BCUT2D eigenvalue weighted by Crippen LogP contribution is -2.00. The number of aryl methyl sites for hydroxylation is 1. The second-order valence-corrected chi connectivity index (χ2v) is 3.37. The van der Waals surface area contributed by atoms with Crippen LogP contribution in [0.25, 0.3) is 0 Å². The zero-order valence-electron chi connectivity index (χ0n) is 8.33. The molecule has 2 aromatic rings. The fraction of sp³-hybridized carbons (Fsp3) is 0.182. The molecular formula is C11H11FN2O. The summed E-state index contributed by atoms with van der Waals surface area (Å²) in [6.07, 6.45) is 3.12. The summed E-state index contributed by atoms with van der Waals surface area (Å²) in [4.78, 5) is 0. The highest BCUT2D eigenvalue weighted by molar-refractivity contribution is 5.46. The zero-order valence-corrected chi connectivity index (χ0v) is 8.33. The first-order valence-electron chi connectivity index (χ1n) is 4.64. The molecule has 2 rings (SSSR count). The third-order valence-electron chi connectivity index (χ3n) is 2.09. The smallest absolute Gasteiger partial charge is 0.146 e. The summed E-state index contributed by atoms with van der Waals surface area (Å²) < 4.78 is 18.0. The summed E-state index contributed by atoms with van der Waals surface area (Å²) in [6, 6.07) is 5.08. The molecule has 1 aromatic carbocycles. The summed E-state index contributed by atoms with van der Waals surface area (Å²) in [5.74, 6) is -0.244. The quantitative estimate of drug-likeness (QED) is 0.839. The molecule has 4 heteroatoms. The van der Waals surface area contributed by atoms with E-state index in [2.05, 4.69) is 15.0 Å². The van der Waals surface area contributed by atoms with E-state index in [0.29, 0.717) is 12.2 Å². The number of anilines is 1. The normalized spacial score (nSPS) is 10.3. The molecule has 1 N–H and O–H groups in total. The first-order valence-corrected chi connectivity index (χ1v) is 4.64. The lowest BCUT2D eigenvalue weighted by atomic mass is 10.2. The first-order chi connectivity index (χ1) is 7.25. The maximum Gasteiger partial charge on any atom is 0.146 e. The van der Waals surface area contributed by atoms with Gasteiger partial charge in [-0.2, -0.15) is 0 Å². The molecule has 0 saturated carbocycles. The van der Waals surface area contributed by atoms with Crippen molar-refractivity contribution in [3.8, 4) is 0 Å². The van der Waals surface area contributed by atoms with Gasteiger partial charge in [0.1, 0.15) is 12.1 Å². The zero-order chi connectivity index (χ0) is 10.7. The van der Waals surface area contributed by atoms with Crippen molar-refractivity contribution in [2.75, 3.05) is 5.32 Å². The molecule has 0 aliphatic heterocycles. The van der Waals surface area contributed by atoms with Gasteiger partial charge in [0, 0.05) is 12.1 Å². The third-order valence-corrected chi connectivity index (χ3v) is 2.09. The topological polar surface area (TPSA) is 38.1 Å². The fourth-order valence-corrected chi connectivity index (χ4v) is 1.27. The van der Waals surface area contributed by atoms with E-state index in [1.165, 1.54) is 12.3 Å². The Kier molecular flexibility index (Phi) is 2.67. The molecule has 0 spiro atoms. The number of benzene rings is 1. The van der Waals surface area contributed by atoms with Gasteiger partial charge >= 0.3 is 0 Å². The van der Waals surface area contributed by atoms with Gasteiger partial charge in [-0.05, 0) is 24.6 Å². The van der Waals surface area contributed by atoms with Gasteiger partial charge < -0.3 is 9.84 Å². The van der Waals surface area contributed by atoms with E-state index < -0.39 is 0 Å². The molecule has 0 fully saturated rings. The summed E-state index contributed by atoms with van der Waals surface area (Å²) >= 11 is 0. The van der Waals surface area contributed by atoms with Crippen LogP contribution in [-0.4, -0.2) is 5.16 Å². The predicted octanol–water partition coefficient (Wildman–Crippen LogP) is 2.73. The molecule has 0 bridgehead atoms. The van der Waals surface area contributed by atoms with Gasteiger partial charge in [-0.3, -0.25) is 0 Å². The van der Waals surface area contributed by atoms with Crippen molar-refractivity contribution in [1.29, 1.82) is 0 Å². The molecule has 0 aliphatic rings. The lowest BCUT2D eigenvalue weighted by Gasteiger charge is -2.06. The van der Waals surface area contributed by atoms with Crippen LogP contribution in [0.2, 0.25) is 0 Å². The summed E-state index contributed by atoms with van der Waals surface area (Å²) in [6.45, 7) is 2.36. The molecule has 1 heterocycles. The number of rotatable bonds is 3. The Hall–Kier alpha value is -1.84. The number of hydrogen-bond donors (Lipinski definition) is 1. The lowest BCUT2D eigenvalue weighted by molar-refractivity contribution is 0.419. The largest absolute Gasteiger partial charge is 0.378 e. The monoisotopic (exact) mass is 206 g/mol. The maximum atomic E-state index is 13.4. The fourth-order valence-electron chi connectivity index (χ4n) is 1.27. The molecule has 0 radical (unpaired) electrons. The molecule has 1 aromatic heterocycles. The minimum Gasteiger partial charge on any atom is -0.378 e. The minimum atomic E-state index is -0.244. The van der Waals surface area contributed by atoms with Crippen LogP contribution in [0.1, 0.15) is 11.1 Å². The summed E-state index contributed by atoms with van der Waals surface area (Å²) in [7, 11) is 0. The molecule has 0 aliphatic carbocycles. The van der Waals surface area contributed by atoms with Crippen molar-refractivity contribution in [3.63, 3.8) is 0 Å². The van der Waals surface area contributed by atoms with E-state index in [1.54, 1.807) is 12.3 Å². The van der Waals surface area contributed by atoms with E-state index in [1.807, 2.05) is 13.0 Å². The standard InChI is InChI=1S/C11H11FN2O/c1-8-2-3-11(10(12)4-8)13-5-9-6-14-15-7-9/h2-4,6-7,13H,5H2,1H3. The van der Waals surface area contributed by atoms with Gasteiger partial charge in [-0.1, -0.05) is 11.2 Å². The minimum absolute atomic E-state index is 0.244. The van der Waals surface area contributed by atoms with Crippen molar-refractivity contribution in [2.45, 2.75) is 13.5 Å². The number of nitrogens with one attached hydrogen (secondary N) is 1. The SMILES string of the molecule is Cc1ccc(NCc2cnoc2)c(F)c1. The van der Waals surface area contributed by atoms with Crippen LogP contribution in [0.3, 0.4) is 0 Å². The number of aromatic nitrogens is 1. The van der Waals surface area contributed by atoms with Crippen LogP contribution in [-0.2, 0) is 6.54 Å². The number of nitrogens with zero attached hydrogens (tertiary/aromatic N) is 1. The maximum absolute atomic E-state index is 13.4. The Morgan fingerprint density at radius 1 is 1.47 bits per heavy atom. The molecule has 0 saturated heterocycles. The van der Waals surface area contributed by atoms with Gasteiger partial charge in [-0.15, -0.1) is 0 Å². The third kappa shape index (κ3) is 2.34. The summed E-state index contributed by atoms with van der Waals surface area (Å²) in [5, 5.41) is 6.53. The van der Waals surface area contributed by atoms with Gasteiger partial charge in [-0.25, -0.2) is 4.39 Å². The molecule has 3 nitrogen and oxygen atoms in total. The second-order valence-electron chi connectivity index (χ2n) is 3.37. The average Bonchev–Trinajstić information content (AvgIpc) is 2.69. The van der Waals surface area contributed by atoms with Crippen LogP contribution < -0.4 is 5.32 Å². The molecular weight excluding hydrogens is 195 g/mol. The van der Waals surface area contributed by atoms with Crippen LogP contribution in [0, 0.1) is 12.7 Å². The Labute approximate surface area is 86.9 Å². The van der Waals surface area contributed by atoms with Crippen molar-refractivity contribution in [1.82, 2.24) is 5.16 Å². The highest BCUT2D eigenvalue weighted by atomic mass is 19.1. The van der Waals surface area contributed by atoms with E-state index >= 15 is 0 Å². The van der Waals surface area contributed by atoms with Crippen LogP contribution >= 0.6 is 0 Å². The van der Waals surface area contributed by atoms with Crippen LogP contribution in [0.15, 0.2) is 35.2 Å². The Balaban J connectivity index is 2.05. The van der Waals surface area contributed by atoms with E-state index in [4.69, 9.17) is 0 Å². The van der Waals surface area contributed by atoms with Crippen molar-refractivity contribution in [2.24, 2.45) is 0 Å². The van der Waals surface area contributed by atoms with Gasteiger partial charge in [0.15, 0.2) is 0 Å². The van der Waals surface area contributed by atoms with Crippen molar-refractivity contribution >= 4 is 5.69 Å². The molecule has 78 valence electrons. The number of hydrogen-bond acceptors (Lipinski definition) is 3. The molecule has 0 amide bonds. The Morgan fingerprint density at radius 2 is 2.33 bits per heavy atom. The van der Waals surface area contributed by atoms with Gasteiger partial charge in [0.05, 0.1) is 11.9 Å². The van der Waals surface area contributed by atoms with E-state index in [0.717, 1.165) is 11.1 Å². The Morgan fingerprint density at radius 3 is 3.00 bits per heavy atom. The van der Waals surface area contributed by atoms with E-state index in [9.17, 15) is 4.39 Å². The van der Waals surface area contributed by atoms with E-state index in [-0.39, 0.29) is 5.82 Å². The summed E-state index contributed by atoms with van der Waals surface area (Å²) in [5.41, 5.74) is 2.28. The van der Waals surface area contributed by atoms with Crippen molar-refractivity contribution < 1.29 is 8.91 Å².